The number of rotatable bonds is 6. The summed E-state index contributed by atoms with van der Waals surface area (Å²) in [7, 11) is 0. The average Bonchev–Trinajstić information content (AvgIpc) is 3.05. The maximum Gasteiger partial charge on any atom is 0.282 e. The smallest absolute Gasteiger partial charge is 0.282 e. The van der Waals surface area contributed by atoms with Crippen molar-refractivity contribution in [3.8, 4) is 0 Å². The van der Waals surface area contributed by atoms with Gasteiger partial charge in [-0.3, -0.25) is 9.59 Å². The summed E-state index contributed by atoms with van der Waals surface area (Å²) in [5.74, 6) is -0.619. The highest BCUT2D eigenvalue weighted by atomic mass is 35.5. The molecule has 1 aliphatic rings. The predicted octanol–water partition coefficient (Wildman–Crippen LogP) is 6.07. The van der Waals surface area contributed by atoms with Crippen LogP contribution in [-0.4, -0.2) is 23.3 Å². The van der Waals surface area contributed by atoms with Gasteiger partial charge in [-0.1, -0.05) is 60.1 Å². The van der Waals surface area contributed by atoms with Gasteiger partial charge >= 0.3 is 0 Å². The molecule has 0 bridgehead atoms. The fourth-order valence-corrected chi connectivity index (χ4v) is 4.44. The van der Waals surface area contributed by atoms with Crippen molar-refractivity contribution in [2.24, 2.45) is 0 Å². The van der Waals surface area contributed by atoms with E-state index >= 15 is 0 Å². The number of benzene rings is 3. The van der Waals surface area contributed by atoms with E-state index < -0.39 is 0 Å². The summed E-state index contributed by atoms with van der Waals surface area (Å²) in [6.07, 6.45) is 0. The molecule has 33 heavy (non-hydrogen) atoms. The summed E-state index contributed by atoms with van der Waals surface area (Å²) in [5, 5.41) is 0.567. The van der Waals surface area contributed by atoms with Gasteiger partial charge in [0.2, 0.25) is 0 Å². The van der Waals surface area contributed by atoms with Gasteiger partial charge in [0.05, 0.1) is 11.3 Å². The first-order chi connectivity index (χ1) is 15.8. The molecule has 0 aliphatic carbocycles. The van der Waals surface area contributed by atoms with Gasteiger partial charge in [0.15, 0.2) is 0 Å². The third-order valence-corrected chi connectivity index (χ3v) is 6.40. The Balaban J connectivity index is 1.87. The number of carbonyl (C=O) groups excluding carboxylic acids is 2. The molecule has 5 heteroatoms. The van der Waals surface area contributed by atoms with Gasteiger partial charge in [-0.15, -0.1) is 0 Å². The van der Waals surface area contributed by atoms with Gasteiger partial charge < -0.3 is 4.90 Å². The first kappa shape index (κ1) is 22.8. The maximum absolute atomic E-state index is 13.9. The molecule has 4 nitrogen and oxygen atoms in total. The molecular formula is C28H27ClN2O2. The van der Waals surface area contributed by atoms with Crippen LogP contribution in [0.3, 0.4) is 0 Å². The van der Waals surface area contributed by atoms with Crippen LogP contribution in [0.5, 0.6) is 0 Å². The van der Waals surface area contributed by atoms with Crippen LogP contribution in [0.1, 0.15) is 34.7 Å². The van der Waals surface area contributed by atoms with E-state index in [0.29, 0.717) is 35.1 Å². The Hall–Kier alpha value is -3.37. The minimum atomic E-state index is -0.310. The van der Waals surface area contributed by atoms with Crippen molar-refractivity contribution in [3.63, 3.8) is 0 Å². The van der Waals surface area contributed by atoms with E-state index in [1.807, 2.05) is 81.1 Å². The number of anilines is 1. The van der Waals surface area contributed by atoms with Gasteiger partial charge in [0.1, 0.15) is 5.70 Å². The molecule has 4 rings (SSSR count). The van der Waals surface area contributed by atoms with E-state index in [1.165, 1.54) is 4.90 Å². The van der Waals surface area contributed by atoms with Gasteiger partial charge in [-0.05, 0) is 73.7 Å². The van der Waals surface area contributed by atoms with Crippen LogP contribution in [0.4, 0.5) is 5.69 Å². The van der Waals surface area contributed by atoms with Crippen LogP contribution in [0, 0.1) is 20.8 Å². The molecule has 0 saturated heterocycles. The minimum absolute atomic E-state index is 0.309. The molecule has 0 fully saturated rings. The summed E-state index contributed by atoms with van der Waals surface area (Å²) in [4.78, 5) is 31.0. The standard InChI is InChI=1S/C28H27ClN2O2/c1-5-30(17-21-9-7-6-8-10-21)26-25(22-12-11-18(2)19(3)15-22)27(32)31(28(26)33)24-14-13-23(29)16-20(24)4/h6-16H,5,17H2,1-4H3. The lowest BCUT2D eigenvalue weighted by Crippen LogP contribution is -2.35. The van der Waals surface area contributed by atoms with Crippen LogP contribution in [0.2, 0.25) is 5.02 Å². The number of nitrogens with zero attached hydrogens (tertiary/aromatic N) is 2. The summed E-state index contributed by atoms with van der Waals surface area (Å²) < 4.78 is 0. The molecule has 0 N–H and O–H groups in total. The van der Waals surface area contributed by atoms with Crippen molar-refractivity contribution < 1.29 is 9.59 Å². The Bertz CT molecular complexity index is 1260. The molecule has 168 valence electrons. The van der Waals surface area contributed by atoms with Crippen molar-refractivity contribution >= 4 is 34.7 Å². The third kappa shape index (κ3) is 4.31. The number of aryl methyl sites for hydroxylation is 3. The monoisotopic (exact) mass is 458 g/mol. The van der Waals surface area contributed by atoms with E-state index in [4.69, 9.17) is 11.6 Å². The number of likely N-dealkylation sites (N-methyl/N-ethyl adjacent to an activating group) is 1. The zero-order valence-corrected chi connectivity index (χ0v) is 20.1. The van der Waals surface area contributed by atoms with Crippen molar-refractivity contribution in [2.45, 2.75) is 34.2 Å². The Kier molecular flexibility index (Phi) is 6.39. The molecule has 2 amide bonds. The summed E-state index contributed by atoms with van der Waals surface area (Å²) in [6, 6.07) is 21.1. The Morgan fingerprint density at radius 3 is 2.18 bits per heavy atom. The van der Waals surface area contributed by atoms with Crippen LogP contribution in [0.15, 0.2) is 72.4 Å². The normalized spacial score (nSPS) is 13.8. The van der Waals surface area contributed by atoms with Crippen LogP contribution in [-0.2, 0) is 16.1 Å². The lowest BCUT2D eigenvalue weighted by atomic mass is 9.99. The molecule has 0 saturated carbocycles. The fraction of sp³-hybridized carbons (Fsp3) is 0.214. The van der Waals surface area contributed by atoms with Gasteiger partial charge in [-0.25, -0.2) is 4.90 Å². The van der Waals surface area contributed by atoms with Crippen LogP contribution < -0.4 is 4.90 Å². The highest BCUT2D eigenvalue weighted by Gasteiger charge is 2.42. The van der Waals surface area contributed by atoms with Crippen molar-refractivity contribution in [1.29, 1.82) is 0 Å². The number of halogens is 1. The Morgan fingerprint density at radius 2 is 1.55 bits per heavy atom. The third-order valence-electron chi connectivity index (χ3n) is 6.17. The lowest BCUT2D eigenvalue weighted by Gasteiger charge is -2.25. The van der Waals surface area contributed by atoms with Crippen molar-refractivity contribution in [1.82, 2.24) is 4.90 Å². The van der Waals surface area contributed by atoms with E-state index in [-0.39, 0.29) is 11.8 Å². The Labute approximate surface area is 200 Å². The zero-order valence-electron chi connectivity index (χ0n) is 19.4. The molecular weight excluding hydrogens is 432 g/mol. The predicted molar refractivity (Wildman–Crippen MR) is 134 cm³/mol. The first-order valence-electron chi connectivity index (χ1n) is 11.1. The number of hydrogen-bond acceptors (Lipinski definition) is 3. The van der Waals surface area contributed by atoms with Crippen molar-refractivity contribution in [3.05, 3.63) is 105 Å². The number of amides is 2. The zero-order chi connectivity index (χ0) is 23.7. The molecule has 0 aromatic heterocycles. The average molecular weight is 459 g/mol. The quantitative estimate of drug-likeness (QED) is 0.421. The SMILES string of the molecule is CCN(Cc1ccccc1)C1=C(c2ccc(C)c(C)c2)C(=O)N(c2ccc(Cl)cc2C)C1=O. The summed E-state index contributed by atoms with van der Waals surface area (Å²) in [6.45, 7) is 9.04. The van der Waals surface area contributed by atoms with Crippen LogP contribution >= 0.6 is 11.6 Å². The van der Waals surface area contributed by atoms with Gasteiger partial charge in [0, 0.05) is 18.1 Å². The van der Waals surface area contributed by atoms with Gasteiger partial charge in [0.25, 0.3) is 11.8 Å². The number of carbonyl (C=O) groups is 2. The number of imide groups is 1. The second-order valence-electron chi connectivity index (χ2n) is 8.40. The maximum atomic E-state index is 13.9. The number of hydrogen-bond donors (Lipinski definition) is 0. The molecule has 0 unspecified atom stereocenters. The van der Waals surface area contributed by atoms with E-state index in [1.54, 1.807) is 18.2 Å². The highest BCUT2D eigenvalue weighted by molar-refractivity contribution is 6.45. The molecule has 3 aromatic rings. The highest BCUT2D eigenvalue weighted by Crippen LogP contribution is 2.37. The van der Waals surface area contributed by atoms with E-state index in [2.05, 4.69) is 0 Å². The molecule has 0 radical (unpaired) electrons. The lowest BCUT2D eigenvalue weighted by molar-refractivity contribution is -0.120. The molecule has 1 aliphatic heterocycles. The summed E-state index contributed by atoms with van der Waals surface area (Å²) in [5.41, 5.74) is 6.25. The van der Waals surface area contributed by atoms with Crippen LogP contribution in [0.25, 0.3) is 5.57 Å². The van der Waals surface area contributed by atoms with Gasteiger partial charge in [-0.2, -0.15) is 0 Å². The molecule has 3 aromatic carbocycles. The second-order valence-corrected chi connectivity index (χ2v) is 8.84. The topological polar surface area (TPSA) is 40.6 Å². The largest absolute Gasteiger partial charge is 0.362 e. The minimum Gasteiger partial charge on any atom is -0.362 e. The first-order valence-corrected chi connectivity index (χ1v) is 11.4. The van der Waals surface area contributed by atoms with Crippen molar-refractivity contribution in [2.75, 3.05) is 11.4 Å². The second kappa shape index (κ2) is 9.24. The van der Waals surface area contributed by atoms with E-state index in [0.717, 1.165) is 27.8 Å². The molecule has 0 atom stereocenters. The summed E-state index contributed by atoms with van der Waals surface area (Å²) >= 11 is 6.14. The fourth-order valence-electron chi connectivity index (χ4n) is 4.21. The Morgan fingerprint density at radius 1 is 0.818 bits per heavy atom. The molecule has 0 spiro atoms. The molecule has 1 heterocycles. The van der Waals surface area contributed by atoms with E-state index in [9.17, 15) is 9.59 Å².